The molecule has 2 heterocycles. The number of halogens is 1. The summed E-state index contributed by atoms with van der Waals surface area (Å²) in [5, 5.41) is 0.464. The summed E-state index contributed by atoms with van der Waals surface area (Å²) in [6.07, 6.45) is 0. The second-order valence-corrected chi connectivity index (χ2v) is 9.99. The Morgan fingerprint density at radius 3 is 2.46 bits per heavy atom. The van der Waals surface area contributed by atoms with Gasteiger partial charge in [0.2, 0.25) is 5.76 Å². The number of carbonyl (C=O) groups is 1. The van der Waals surface area contributed by atoms with Gasteiger partial charge in [0.15, 0.2) is 5.43 Å². The van der Waals surface area contributed by atoms with Gasteiger partial charge >= 0.3 is 0 Å². The van der Waals surface area contributed by atoms with E-state index < -0.39 is 6.04 Å². The van der Waals surface area contributed by atoms with Gasteiger partial charge in [-0.25, -0.2) is 0 Å². The Morgan fingerprint density at radius 2 is 1.68 bits per heavy atom. The molecular formula is C31H22BrNO4. The minimum Gasteiger partial charge on any atom is -0.489 e. The van der Waals surface area contributed by atoms with Crippen molar-refractivity contribution in [2.24, 2.45) is 0 Å². The molecule has 1 unspecified atom stereocenters. The maximum Gasteiger partial charge on any atom is 0.295 e. The molecule has 0 spiro atoms. The molecule has 1 aliphatic rings. The van der Waals surface area contributed by atoms with Gasteiger partial charge < -0.3 is 9.15 Å². The molecule has 182 valence electrons. The Hall–Kier alpha value is -4.16. The van der Waals surface area contributed by atoms with Crippen LogP contribution in [0.15, 0.2) is 111 Å². The number of anilines is 1. The fourth-order valence-corrected chi connectivity index (χ4v) is 5.05. The molecule has 37 heavy (non-hydrogen) atoms. The highest BCUT2D eigenvalue weighted by molar-refractivity contribution is 9.10. The van der Waals surface area contributed by atoms with Crippen LogP contribution in [-0.4, -0.2) is 5.91 Å². The van der Waals surface area contributed by atoms with Crippen LogP contribution in [0.2, 0.25) is 0 Å². The van der Waals surface area contributed by atoms with Crippen molar-refractivity contribution in [1.82, 2.24) is 0 Å². The standard InChI is InChI=1S/C31H22BrNO4/c1-19-10-15-26-25(16-19)29(34)27-28(33(31(35)30(27)37-26)23-13-11-22(32)12-14-23)21-8-5-9-24(17-21)36-18-20-6-3-2-4-7-20/h2-17,28H,18H2,1H3. The number of hydrogen-bond acceptors (Lipinski definition) is 4. The van der Waals surface area contributed by atoms with E-state index >= 15 is 0 Å². The van der Waals surface area contributed by atoms with Gasteiger partial charge in [-0.2, -0.15) is 0 Å². The summed E-state index contributed by atoms with van der Waals surface area (Å²) < 4.78 is 13.0. The van der Waals surface area contributed by atoms with Crippen LogP contribution in [0.5, 0.6) is 5.75 Å². The van der Waals surface area contributed by atoms with Crippen molar-refractivity contribution in [3.8, 4) is 5.75 Å². The summed E-state index contributed by atoms with van der Waals surface area (Å²) in [5.41, 5.74) is 3.97. The van der Waals surface area contributed by atoms with Crippen molar-refractivity contribution in [3.63, 3.8) is 0 Å². The molecule has 0 saturated heterocycles. The van der Waals surface area contributed by atoms with Crippen molar-refractivity contribution >= 4 is 38.5 Å². The third-order valence-corrected chi connectivity index (χ3v) is 7.08. The second-order valence-electron chi connectivity index (χ2n) is 9.07. The molecule has 1 atom stereocenters. The number of carbonyl (C=O) groups excluding carboxylic acids is 1. The molecule has 0 N–H and O–H groups in total. The normalized spacial score (nSPS) is 14.7. The minimum absolute atomic E-state index is 0.0740. The van der Waals surface area contributed by atoms with Gasteiger partial charge in [-0.1, -0.05) is 70.0 Å². The molecule has 0 fully saturated rings. The van der Waals surface area contributed by atoms with Crippen molar-refractivity contribution in [1.29, 1.82) is 0 Å². The van der Waals surface area contributed by atoms with E-state index in [4.69, 9.17) is 9.15 Å². The predicted octanol–water partition coefficient (Wildman–Crippen LogP) is 7.19. The third-order valence-electron chi connectivity index (χ3n) is 6.55. The van der Waals surface area contributed by atoms with E-state index in [1.807, 2.05) is 97.9 Å². The number of aryl methyl sites for hydroxylation is 1. The number of ether oxygens (including phenoxy) is 1. The smallest absolute Gasteiger partial charge is 0.295 e. The molecule has 6 heteroatoms. The summed E-state index contributed by atoms with van der Waals surface area (Å²) in [7, 11) is 0. The zero-order valence-corrected chi connectivity index (χ0v) is 21.6. The van der Waals surface area contributed by atoms with Gasteiger partial charge in [0.25, 0.3) is 5.91 Å². The van der Waals surface area contributed by atoms with Crippen LogP contribution in [0, 0.1) is 6.92 Å². The van der Waals surface area contributed by atoms with Crippen LogP contribution in [0.4, 0.5) is 5.69 Å². The number of amides is 1. The van der Waals surface area contributed by atoms with Crippen LogP contribution in [0.1, 0.15) is 38.9 Å². The Labute approximate surface area is 222 Å². The lowest BCUT2D eigenvalue weighted by Crippen LogP contribution is -2.29. The summed E-state index contributed by atoms with van der Waals surface area (Å²) >= 11 is 3.46. The first-order valence-electron chi connectivity index (χ1n) is 11.9. The highest BCUT2D eigenvalue weighted by atomic mass is 79.9. The summed E-state index contributed by atoms with van der Waals surface area (Å²) in [6.45, 7) is 2.34. The number of fused-ring (bicyclic) bond motifs is 2. The Bertz CT molecular complexity index is 1690. The van der Waals surface area contributed by atoms with E-state index in [1.54, 1.807) is 11.0 Å². The van der Waals surface area contributed by atoms with Gasteiger partial charge in [-0.05, 0) is 66.6 Å². The number of nitrogens with zero attached hydrogens (tertiary/aromatic N) is 1. The van der Waals surface area contributed by atoms with Crippen LogP contribution in [0.3, 0.4) is 0 Å². The van der Waals surface area contributed by atoms with Crippen molar-refractivity contribution in [3.05, 3.63) is 140 Å². The Balaban J connectivity index is 1.50. The molecule has 0 aliphatic carbocycles. The van der Waals surface area contributed by atoms with Gasteiger partial charge in [-0.3, -0.25) is 14.5 Å². The maximum absolute atomic E-state index is 13.9. The van der Waals surface area contributed by atoms with Gasteiger partial charge in [0.05, 0.1) is 17.0 Å². The SMILES string of the molecule is Cc1ccc2oc3c(c(=O)c2c1)C(c1cccc(OCc2ccccc2)c1)N(c1ccc(Br)cc1)C3=O. The molecule has 0 bridgehead atoms. The van der Waals surface area contributed by atoms with Crippen LogP contribution < -0.4 is 15.1 Å². The first-order valence-corrected chi connectivity index (χ1v) is 12.7. The van der Waals surface area contributed by atoms with Crippen molar-refractivity contribution < 1.29 is 13.9 Å². The van der Waals surface area contributed by atoms with Crippen LogP contribution in [0.25, 0.3) is 11.0 Å². The lowest BCUT2D eigenvalue weighted by Gasteiger charge is -2.25. The summed E-state index contributed by atoms with van der Waals surface area (Å²) in [5.74, 6) is 0.376. The van der Waals surface area contributed by atoms with E-state index in [9.17, 15) is 9.59 Å². The summed E-state index contributed by atoms with van der Waals surface area (Å²) in [4.78, 5) is 29.3. The summed E-state index contributed by atoms with van der Waals surface area (Å²) in [6, 6.07) is 29.7. The quantitative estimate of drug-likeness (QED) is 0.232. The average Bonchev–Trinajstić information content (AvgIpc) is 3.21. The number of hydrogen-bond donors (Lipinski definition) is 0. The molecule has 0 radical (unpaired) electrons. The van der Waals surface area contributed by atoms with Gasteiger partial charge in [0.1, 0.15) is 17.9 Å². The average molecular weight is 552 g/mol. The first kappa shape index (κ1) is 23.3. The minimum atomic E-state index is -0.662. The molecule has 0 saturated carbocycles. The van der Waals surface area contributed by atoms with E-state index in [-0.39, 0.29) is 17.1 Å². The maximum atomic E-state index is 13.9. The van der Waals surface area contributed by atoms with E-state index in [0.717, 1.165) is 21.2 Å². The molecule has 5 aromatic rings. The molecule has 1 aliphatic heterocycles. The van der Waals surface area contributed by atoms with E-state index in [0.29, 0.717) is 34.6 Å². The van der Waals surface area contributed by atoms with Gasteiger partial charge in [-0.15, -0.1) is 0 Å². The molecular weight excluding hydrogens is 530 g/mol. The Kier molecular flexibility index (Phi) is 5.89. The predicted molar refractivity (Wildman–Crippen MR) is 147 cm³/mol. The third kappa shape index (κ3) is 4.23. The lowest BCUT2D eigenvalue weighted by atomic mass is 9.97. The van der Waals surface area contributed by atoms with E-state index in [1.165, 1.54) is 0 Å². The topological polar surface area (TPSA) is 59.8 Å². The zero-order valence-electron chi connectivity index (χ0n) is 20.0. The molecule has 1 amide bonds. The second kappa shape index (κ2) is 9.37. The number of benzene rings is 4. The van der Waals surface area contributed by atoms with Crippen molar-refractivity contribution in [2.45, 2.75) is 19.6 Å². The van der Waals surface area contributed by atoms with Crippen LogP contribution in [-0.2, 0) is 6.61 Å². The monoisotopic (exact) mass is 551 g/mol. The fourth-order valence-electron chi connectivity index (χ4n) is 4.79. The van der Waals surface area contributed by atoms with E-state index in [2.05, 4.69) is 15.9 Å². The molecule has 4 aromatic carbocycles. The molecule has 6 rings (SSSR count). The first-order chi connectivity index (χ1) is 18.0. The highest BCUT2D eigenvalue weighted by Gasteiger charge is 2.43. The van der Waals surface area contributed by atoms with Gasteiger partial charge in [0, 0.05) is 10.2 Å². The molecule has 1 aromatic heterocycles. The highest BCUT2D eigenvalue weighted by Crippen LogP contribution is 2.42. The fraction of sp³-hybridized carbons (Fsp3) is 0.0968. The largest absolute Gasteiger partial charge is 0.489 e. The zero-order chi connectivity index (χ0) is 25.5. The van der Waals surface area contributed by atoms with Crippen LogP contribution >= 0.6 is 15.9 Å². The lowest BCUT2D eigenvalue weighted by molar-refractivity contribution is 0.0971. The van der Waals surface area contributed by atoms with Crippen molar-refractivity contribution in [2.75, 3.05) is 4.90 Å². The number of rotatable bonds is 5. The molecule has 5 nitrogen and oxygen atoms in total. The Morgan fingerprint density at radius 1 is 0.892 bits per heavy atom.